The number of phenols is 1. The summed E-state index contributed by atoms with van der Waals surface area (Å²) >= 11 is 0. The third kappa shape index (κ3) is 8.45. The van der Waals surface area contributed by atoms with Crippen LogP contribution in [0.25, 0.3) is 0 Å². The van der Waals surface area contributed by atoms with Gasteiger partial charge in [0.2, 0.25) is 0 Å². The highest BCUT2D eigenvalue weighted by Crippen LogP contribution is 2.20. The largest absolute Gasteiger partial charge is 0.505 e. The first-order chi connectivity index (χ1) is 13.5. The maximum atomic E-state index is 13.4. The van der Waals surface area contributed by atoms with Crippen LogP contribution in [0.2, 0.25) is 0 Å². The lowest BCUT2D eigenvalue weighted by molar-refractivity contribution is 0.110. The fourth-order valence-corrected chi connectivity index (χ4v) is 2.54. The molecule has 0 amide bonds. The first kappa shape index (κ1) is 25.0. The number of ether oxygens (including phenoxy) is 2. The molecule has 0 aromatic heterocycles. The monoisotopic (exact) mass is 517 g/mol. The Morgan fingerprint density at radius 2 is 1.86 bits per heavy atom. The van der Waals surface area contributed by atoms with Crippen molar-refractivity contribution in [1.82, 2.24) is 10.6 Å². The lowest BCUT2D eigenvalue weighted by Gasteiger charge is -2.15. The number of nitrogens with one attached hydrogen (secondary N) is 2. The molecule has 0 bridgehead atoms. The number of benzene rings is 2. The van der Waals surface area contributed by atoms with Crippen molar-refractivity contribution in [2.45, 2.75) is 26.9 Å². The van der Waals surface area contributed by atoms with E-state index in [0.29, 0.717) is 44.4 Å². The van der Waals surface area contributed by atoms with Crippen LogP contribution in [-0.2, 0) is 17.8 Å². The summed E-state index contributed by atoms with van der Waals surface area (Å²) in [6.07, 6.45) is 0. The van der Waals surface area contributed by atoms with E-state index in [0.717, 1.165) is 16.9 Å². The molecule has 2 rings (SSSR count). The van der Waals surface area contributed by atoms with Crippen LogP contribution in [-0.4, -0.2) is 37.9 Å². The lowest BCUT2D eigenvalue weighted by Crippen LogP contribution is -2.36. The molecule has 0 unspecified atom stereocenters. The summed E-state index contributed by atoms with van der Waals surface area (Å²) in [4.78, 5) is 4.18. The fourth-order valence-electron chi connectivity index (χ4n) is 2.54. The molecule has 2 aromatic rings. The Morgan fingerprint density at radius 3 is 2.55 bits per heavy atom. The van der Waals surface area contributed by atoms with Gasteiger partial charge in [0.25, 0.3) is 0 Å². The SMILES string of the molecule is CCOCCOc1cc(C)ccc1CNC(=NC)NCc1ccc(O)c(F)c1.I. The number of aliphatic imine (C=N–C) groups is 1. The van der Waals surface area contributed by atoms with Crippen LogP contribution in [0.4, 0.5) is 4.39 Å². The normalized spacial score (nSPS) is 11.0. The Bertz CT molecular complexity index is 803. The zero-order valence-corrected chi connectivity index (χ0v) is 19.3. The number of hydrogen-bond acceptors (Lipinski definition) is 4. The van der Waals surface area contributed by atoms with E-state index in [4.69, 9.17) is 9.47 Å². The summed E-state index contributed by atoms with van der Waals surface area (Å²) in [5.41, 5.74) is 2.82. The summed E-state index contributed by atoms with van der Waals surface area (Å²) in [6.45, 7) is 6.57. The second-order valence-electron chi connectivity index (χ2n) is 6.22. The number of rotatable bonds is 9. The van der Waals surface area contributed by atoms with Gasteiger partial charge in [0.1, 0.15) is 12.4 Å². The van der Waals surface area contributed by atoms with Crippen LogP contribution >= 0.6 is 24.0 Å². The van der Waals surface area contributed by atoms with Crippen molar-refractivity contribution in [2.24, 2.45) is 4.99 Å². The highest BCUT2D eigenvalue weighted by atomic mass is 127. The molecule has 0 radical (unpaired) electrons. The van der Waals surface area contributed by atoms with E-state index in [2.05, 4.69) is 15.6 Å². The van der Waals surface area contributed by atoms with Crippen LogP contribution in [0.15, 0.2) is 41.4 Å². The van der Waals surface area contributed by atoms with E-state index in [9.17, 15) is 9.50 Å². The second-order valence-corrected chi connectivity index (χ2v) is 6.22. The molecule has 0 fully saturated rings. The number of halogens is 2. The van der Waals surface area contributed by atoms with E-state index < -0.39 is 5.82 Å². The molecule has 0 aliphatic rings. The minimum atomic E-state index is -0.643. The summed E-state index contributed by atoms with van der Waals surface area (Å²) in [6, 6.07) is 10.3. The second kappa shape index (κ2) is 13.2. The van der Waals surface area contributed by atoms with Crippen molar-refractivity contribution in [1.29, 1.82) is 0 Å². The molecule has 0 aliphatic heterocycles. The first-order valence-corrected chi connectivity index (χ1v) is 9.25. The third-order valence-corrected chi connectivity index (χ3v) is 4.05. The van der Waals surface area contributed by atoms with Gasteiger partial charge in [-0.25, -0.2) is 4.39 Å². The van der Waals surface area contributed by atoms with Gasteiger partial charge >= 0.3 is 0 Å². The molecule has 6 nitrogen and oxygen atoms in total. The summed E-state index contributed by atoms with van der Waals surface area (Å²) in [5.74, 6) is 0.385. The van der Waals surface area contributed by atoms with Crippen molar-refractivity contribution in [3.05, 3.63) is 58.9 Å². The van der Waals surface area contributed by atoms with Gasteiger partial charge in [-0.15, -0.1) is 24.0 Å². The Morgan fingerprint density at radius 1 is 1.10 bits per heavy atom. The highest BCUT2D eigenvalue weighted by molar-refractivity contribution is 14.0. The molecule has 29 heavy (non-hydrogen) atoms. The van der Waals surface area contributed by atoms with Crippen molar-refractivity contribution in [2.75, 3.05) is 26.9 Å². The van der Waals surface area contributed by atoms with Crippen LogP contribution in [0.1, 0.15) is 23.6 Å². The molecule has 0 spiro atoms. The van der Waals surface area contributed by atoms with Gasteiger partial charge in [-0.05, 0) is 43.2 Å². The van der Waals surface area contributed by atoms with Crippen molar-refractivity contribution >= 4 is 29.9 Å². The first-order valence-electron chi connectivity index (χ1n) is 9.25. The molecule has 0 heterocycles. The van der Waals surface area contributed by atoms with Crippen molar-refractivity contribution in [3.63, 3.8) is 0 Å². The zero-order valence-electron chi connectivity index (χ0n) is 17.0. The number of aromatic hydroxyl groups is 1. The van der Waals surface area contributed by atoms with Crippen LogP contribution in [0.5, 0.6) is 11.5 Å². The maximum Gasteiger partial charge on any atom is 0.191 e. The van der Waals surface area contributed by atoms with Crippen LogP contribution in [0, 0.1) is 12.7 Å². The quantitative estimate of drug-likeness (QED) is 0.205. The van der Waals surface area contributed by atoms with Gasteiger partial charge < -0.3 is 25.2 Å². The van der Waals surface area contributed by atoms with E-state index in [-0.39, 0.29) is 29.7 Å². The standard InChI is InChI=1S/C21H28FN3O3.HI/c1-4-27-9-10-28-20-11-15(2)5-7-17(20)14-25-21(23-3)24-13-16-6-8-19(26)18(22)12-16;/h5-8,11-12,26H,4,9-10,13-14H2,1-3H3,(H2,23,24,25);1H. The van der Waals surface area contributed by atoms with E-state index in [1.54, 1.807) is 13.1 Å². The molecular formula is C21H29FIN3O3. The fraction of sp³-hybridized carbons (Fsp3) is 0.381. The average Bonchev–Trinajstić information content (AvgIpc) is 2.69. The minimum Gasteiger partial charge on any atom is -0.505 e. The Hall–Kier alpha value is -2.07. The molecule has 0 atom stereocenters. The molecule has 0 aliphatic carbocycles. The number of phenolic OH excluding ortho intramolecular Hbond substituents is 1. The molecule has 8 heteroatoms. The lowest BCUT2D eigenvalue weighted by atomic mass is 10.1. The summed E-state index contributed by atoms with van der Waals surface area (Å²) in [5, 5.41) is 15.6. The summed E-state index contributed by atoms with van der Waals surface area (Å²) < 4.78 is 24.6. The highest BCUT2D eigenvalue weighted by Gasteiger charge is 2.07. The molecule has 3 N–H and O–H groups in total. The van der Waals surface area contributed by atoms with Crippen molar-refractivity contribution < 1.29 is 19.0 Å². The minimum absolute atomic E-state index is 0. The van der Waals surface area contributed by atoms with E-state index >= 15 is 0 Å². The molecule has 160 valence electrons. The van der Waals surface area contributed by atoms with Gasteiger partial charge in [-0.3, -0.25) is 4.99 Å². The van der Waals surface area contributed by atoms with Crippen LogP contribution < -0.4 is 15.4 Å². The summed E-state index contributed by atoms with van der Waals surface area (Å²) in [7, 11) is 1.67. The number of guanidine groups is 1. The Kier molecular flexibility index (Phi) is 11.4. The zero-order chi connectivity index (χ0) is 20.4. The van der Waals surface area contributed by atoms with Gasteiger partial charge in [0.15, 0.2) is 17.5 Å². The molecule has 0 saturated carbocycles. The predicted octanol–water partition coefficient (Wildman–Crippen LogP) is 3.74. The maximum absolute atomic E-state index is 13.4. The number of aryl methyl sites for hydroxylation is 1. The smallest absolute Gasteiger partial charge is 0.191 e. The Balaban J connectivity index is 0.00000420. The Labute approximate surface area is 188 Å². The van der Waals surface area contributed by atoms with E-state index in [1.807, 2.05) is 32.0 Å². The van der Waals surface area contributed by atoms with Gasteiger partial charge in [0.05, 0.1) is 6.61 Å². The molecule has 2 aromatic carbocycles. The third-order valence-electron chi connectivity index (χ3n) is 4.05. The van der Waals surface area contributed by atoms with Crippen LogP contribution in [0.3, 0.4) is 0 Å². The number of nitrogens with zero attached hydrogens (tertiary/aromatic N) is 1. The molecular weight excluding hydrogens is 488 g/mol. The van der Waals surface area contributed by atoms with Crippen molar-refractivity contribution in [3.8, 4) is 11.5 Å². The van der Waals surface area contributed by atoms with Gasteiger partial charge in [-0.1, -0.05) is 18.2 Å². The van der Waals surface area contributed by atoms with Gasteiger partial charge in [-0.2, -0.15) is 0 Å². The van der Waals surface area contributed by atoms with Gasteiger partial charge in [0, 0.05) is 32.3 Å². The predicted molar refractivity (Wildman–Crippen MR) is 124 cm³/mol. The average molecular weight is 517 g/mol. The topological polar surface area (TPSA) is 75.1 Å². The molecule has 0 saturated heterocycles. The number of hydrogen-bond donors (Lipinski definition) is 3. The van der Waals surface area contributed by atoms with E-state index in [1.165, 1.54) is 12.1 Å².